The fourth-order valence-corrected chi connectivity index (χ4v) is 1.30. The molecule has 1 aliphatic rings. The van der Waals surface area contributed by atoms with Crippen LogP contribution in [-0.2, 0) is 10.4 Å². The van der Waals surface area contributed by atoms with E-state index in [0.29, 0.717) is 0 Å². The van der Waals surface area contributed by atoms with Gasteiger partial charge >= 0.3 is 16.4 Å². The summed E-state index contributed by atoms with van der Waals surface area (Å²) >= 11 is 0. The van der Waals surface area contributed by atoms with Crippen LogP contribution in [0.15, 0.2) is 6.20 Å². The first-order valence-corrected chi connectivity index (χ1v) is 4.16. The molecule has 2 N–H and O–H groups in total. The van der Waals surface area contributed by atoms with Gasteiger partial charge in [0, 0.05) is 0 Å². The van der Waals surface area contributed by atoms with Gasteiger partial charge in [-0.3, -0.25) is 0 Å². The predicted octanol–water partition coefficient (Wildman–Crippen LogP) is -0.925. The average molecular weight is 189 g/mol. The number of hydrogen-bond acceptors (Lipinski definition) is 7. The van der Waals surface area contributed by atoms with E-state index in [1.54, 1.807) is 0 Å². The van der Waals surface area contributed by atoms with Crippen molar-refractivity contribution in [2.45, 2.75) is 0 Å². The predicted molar refractivity (Wildman–Crippen MR) is 36.6 cm³/mol. The van der Waals surface area contributed by atoms with Gasteiger partial charge in [0.05, 0.1) is 6.20 Å². The molecule has 8 heteroatoms. The summed E-state index contributed by atoms with van der Waals surface area (Å²) in [7, 11) is -4.06. The molecular weight excluding hydrogens is 186 g/mol. The largest absolute Gasteiger partial charge is 0.505 e. The molecule has 0 unspecified atom stereocenters. The lowest BCUT2D eigenvalue weighted by atomic mass is 10.5. The molecule has 2 rings (SSSR count). The maximum Gasteiger partial charge on any atom is 0.505 e. The molecule has 1 aromatic heterocycles. The van der Waals surface area contributed by atoms with Crippen LogP contribution in [0.1, 0.15) is 0 Å². The summed E-state index contributed by atoms with van der Waals surface area (Å²) in [5, 5.41) is 0. The van der Waals surface area contributed by atoms with Gasteiger partial charge in [0.25, 0.3) is 5.88 Å². The molecule has 0 atom stereocenters. The van der Waals surface area contributed by atoms with Crippen LogP contribution in [0.5, 0.6) is 11.9 Å². The van der Waals surface area contributed by atoms with Gasteiger partial charge in [-0.05, 0) is 0 Å². The minimum atomic E-state index is -4.06. The van der Waals surface area contributed by atoms with Gasteiger partial charge in [-0.25, -0.2) is 4.98 Å². The summed E-state index contributed by atoms with van der Waals surface area (Å²) in [5.41, 5.74) is 5.33. The SMILES string of the molecule is Nc1cnc2nc1OS(=O)(=O)O2. The smallest absolute Gasteiger partial charge is 0.393 e. The number of fused-ring (bicyclic) bond motifs is 2. The van der Waals surface area contributed by atoms with Crippen molar-refractivity contribution in [1.82, 2.24) is 9.97 Å². The lowest BCUT2D eigenvalue weighted by Crippen LogP contribution is -2.23. The quantitative estimate of drug-likeness (QED) is 0.562. The van der Waals surface area contributed by atoms with Gasteiger partial charge in [-0.2, -0.15) is 4.98 Å². The molecule has 1 aliphatic heterocycles. The van der Waals surface area contributed by atoms with Gasteiger partial charge in [-0.1, -0.05) is 0 Å². The van der Waals surface area contributed by atoms with Crippen LogP contribution in [0, 0.1) is 0 Å². The van der Waals surface area contributed by atoms with E-state index in [-0.39, 0.29) is 17.6 Å². The summed E-state index contributed by atoms with van der Waals surface area (Å²) < 4.78 is 29.9. The number of nitrogens with zero attached hydrogens (tertiary/aromatic N) is 2. The number of nitrogens with two attached hydrogens (primary N) is 1. The van der Waals surface area contributed by atoms with E-state index in [4.69, 9.17) is 5.73 Å². The zero-order valence-electron chi connectivity index (χ0n) is 5.59. The van der Waals surface area contributed by atoms with Crippen LogP contribution < -0.4 is 14.1 Å². The number of nitrogen functional groups attached to an aromatic ring is 1. The first-order valence-electron chi connectivity index (χ1n) is 2.83. The van der Waals surface area contributed by atoms with Crippen molar-refractivity contribution in [1.29, 1.82) is 0 Å². The lowest BCUT2D eigenvalue weighted by Gasteiger charge is -2.12. The summed E-state index contributed by atoms with van der Waals surface area (Å²) in [6.07, 6.45) is 1.20. The third-order valence-electron chi connectivity index (χ3n) is 1.12. The van der Waals surface area contributed by atoms with Crippen LogP contribution in [0.4, 0.5) is 5.69 Å². The van der Waals surface area contributed by atoms with Crippen molar-refractivity contribution in [3.63, 3.8) is 0 Å². The standard InChI is InChI=1S/C4H3N3O4S/c5-2-1-6-4-7-3(2)10-12(8,9)11-4/h1H,5H2. The normalized spacial score (nSPS) is 17.7. The van der Waals surface area contributed by atoms with Crippen LogP contribution in [0.2, 0.25) is 0 Å². The van der Waals surface area contributed by atoms with E-state index in [2.05, 4.69) is 18.3 Å². The summed E-state index contributed by atoms with van der Waals surface area (Å²) in [4.78, 5) is 7.00. The highest BCUT2D eigenvalue weighted by Gasteiger charge is 2.26. The maximum atomic E-state index is 10.7. The van der Waals surface area contributed by atoms with Gasteiger partial charge in [0.2, 0.25) is 0 Å². The van der Waals surface area contributed by atoms with E-state index in [1.807, 2.05) is 0 Å². The summed E-state index contributed by atoms with van der Waals surface area (Å²) in [6, 6.07) is -0.287. The van der Waals surface area contributed by atoms with Gasteiger partial charge in [0.15, 0.2) is 0 Å². The van der Waals surface area contributed by atoms with Crippen LogP contribution in [-0.4, -0.2) is 18.4 Å². The topological polar surface area (TPSA) is 104 Å². The molecule has 2 heterocycles. The minimum absolute atomic E-state index is 0.0469. The second-order valence-electron chi connectivity index (χ2n) is 1.99. The fourth-order valence-electron chi connectivity index (χ4n) is 0.672. The average Bonchev–Trinajstić information content (AvgIpc) is 1.95. The molecule has 0 amide bonds. The van der Waals surface area contributed by atoms with Crippen molar-refractivity contribution < 1.29 is 16.8 Å². The molecule has 0 saturated carbocycles. The summed E-state index contributed by atoms with van der Waals surface area (Å²) in [6.45, 7) is 0. The number of hydrogen-bond donors (Lipinski definition) is 1. The van der Waals surface area contributed by atoms with Crippen molar-refractivity contribution in [3.8, 4) is 11.9 Å². The molecule has 1 aromatic rings. The third kappa shape index (κ3) is 1.01. The van der Waals surface area contributed by atoms with Crippen molar-refractivity contribution in [2.75, 3.05) is 5.73 Å². The molecule has 7 nitrogen and oxygen atoms in total. The first-order chi connectivity index (χ1) is 5.57. The fraction of sp³-hybridized carbons (Fsp3) is 0. The van der Waals surface area contributed by atoms with E-state index in [0.717, 1.165) is 0 Å². The number of aromatic nitrogens is 2. The molecule has 0 saturated heterocycles. The Balaban J connectivity index is 2.63. The Labute approximate surface area is 67.5 Å². The van der Waals surface area contributed by atoms with Crippen molar-refractivity contribution >= 4 is 16.1 Å². The maximum absolute atomic E-state index is 10.7. The van der Waals surface area contributed by atoms with Crippen LogP contribution in [0.3, 0.4) is 0 Å². The molecule has 2 bridgehead atoms. The molecule has 0 aromatic carbocycles. The Bertz CT molecular complexity index is 428. The van der Waals surface area contributed by atoms with Gasteiger partial charge < -0.3 is 14.1 Å². The zero-order chi connectivity index (χ0) is 8.77. The molecule has 12 heavy (non-hydrogen) atoms. The van der Waals surface area contributed by atoms with E-state index in [9.17, 15) is 8.42 Å². The molecule has 0 aliphatic carbocycles. The molecule has 0 spiro atoms. The highest BCUT2D eigenvalue weighted by Crippen LogP contribution is 2.25. The molecule has 0 fully saturated rings. The Hall–Kier alpha value is -1.57. The third-order valence-corrected chi connectivity index (χ3v) is 1.83. The Kier molecular flexibility index (Phi) is 1.17. The van der Waals surface area contributed by atoms with Crippen LogP contribution in [0.25, 0.3) is 0 Å². The van der Waals surface area contributed by atoms with Crippen molar-refractivity contribution in [2.24, 2.45) is 0 Å². The number of anilines is 1. The molecule has 64 valence electrons. The highest BCUT2D eigenvalue weighted by molar-refractivity contribution is 7.82. The monoisotopic (exact) mass is 189 g/mol. The van der Waals surface area contributed by atoms with Gasteiger partial charge in [-0.15, -0.1) is 8.42 Å². The summed E-state index contributed by atoms with van der Waals surface area (Å²) in [5.74, 6) is -0.203. The molecule has 0 radical (unpaired) electrons. The van der Waals surface area contributed by atoms with E-state index >= 15 is 0 Å². The Morgan fingerprint density at radius 1 is 1.42 bits per heavy atom. The minimum Gasteiger partial charge on any atom is -0.393 e. The van der Waals surface area contributed by atoms with E-state index in [1.165, 1.54) is 6.20 Å². The van der Waals surface area contributed by atoms with Crippen LogP contribution >= 0.6 is 0 Å². The lowest BCUT2D eigenvalue weighted by molar-refractivity contribution is 0.349. The van der Waals surface area contributed by atoms with Crippen molar-refractivity contribution in [3.05, 3.63) is 6.20 Å². The second-order valence-corrected chi connectivity index (χ2v) is 3.14. The highest BCUT2D eigenvalue weighted by atomic mass is 32.3. The second kappa shape index (κ2) is 1.97. The Morgan fingerprint density at radius 3 is 2.92 bits per heavy atom. The molecular formula is C4H3N3O4S. The van der Waals surface area contributed by atoms with E-state index < -0.39 is 10.4 Å². The first kappa shape index (κ1) is 7.10. The Morgan fingerprint density at radius 2 is 2.17 bits per heavy atom. The van der Waals surface area contributed by atoms with Gasteiger partial charge in [0.1, 0.15) is 5.69 Å². The zero-order valence-corrected chi connectivity index (χ0v) is 6.41. The number of rotatable bonds is 0.